The molecule has 0 amide bonds. The van der Waals surface area contributed by atoms with Crippen LogP contribution < -0.4 is 0 Å². The molecular weight excluding hydrogens is 176 g/mol. The van der Waals surface area contributed by atoms with Crippen molar-refractivity contribution < 1.29 is 9.47 Å². The summed E-state index contributed by atoms with van der Waals surface area (Å²) in [5, 5.41) is 0. The van der Waals surface area contributed by atoms with Gasteiger partial charge in [0.05, 0.1) is 13.2 Å². The monoisotopic (exact) mass is 190 g/mol. The zero-order chi connectivity index (χ0) is 9.80. The van der Waals surface area contributed by atoms with Gasteiger partial charge in [-0.3, -0.25) is 0 Å². The second-order valence-corrected chi connectivity index (χ2v) is 3.51. The lowest BCUT2D eigenvalue weighted by atomic mass is 10.1. The molecule has 14 heavy (non-hydrogen) atoms. The van der Waals surface area contributed by atoms with Crippen LogP contribution in [0.25, 0.3) is 0 Å². The van der Waals surface area contributed by atoms with Crippen LogP contribution in [-0.2, 0) is 9.47 Å². The maximum absolute atomic E-state index is 5.57. The standard InChI is InChI=1S/C12H14O2/c1-2-10-8-13-12(14-9-10)11-6-4-3-5-7-11/h1,3-7,10,12H,2,8-9H2. The van der Waals surface area contributed by atoms with Crippen molar-refractivity contribution in [1.29, 1.82) is 0 Å². The van der Waals surface area contributed by atoms with E-state index in [0.717, 1.165) is 5.56 Å². The number of hydrogen-bond acceptors (Lipinski definition) is 2. The summed E-state index contributed by atoms with van der Waals surface area (Å²) in [6, 6.07) is 9.96. The van der Waals surface area contributed by atoms with Crippen LogP contribution in [0.1, 0.15) is 18.3 Å². The van der Waals surface area contributed by atoms with Crippen molar-refractivity contribution in [3.05, 3.63) is 42.8 Å². The highest BCUT2D eigenvalue weighted by atomic mass is 16.7. The highest BCUT2D eigenvalue weighted by Crippen LogP contribution is 2.25. The SMILES string of the molecule is [CH]CC1COC(c2ccccc2)OC1. The molecule has 2 radical (unpaired) electrons. The highest BCUT2D eigenvalue weighted by Gasteiger charge is 2.21. The molecule has 0 bridgehead atoms. The van der Waals surface area contributed by atoms with Crippen LogP contribution in [-0.4, -0.2) is 13.2 Å². The molecule has 0 aromatic heterocycles. The van der Waals surface area contributed by atoms with E-state index in [0.29, 0.717) is 25.6 Å². The second kappa shape index (κ2) is 4.58. The lowest BCUT2D eigenvalue weighted by Gasteiger charge is -2.28. The van der Waals surface area contributed by atoms with Crippen molar-refractivity contribution >= 4 is 0 Å². The smallest absolute Gasteiger partial charge is 0.183 e. The Hall–Kier alpha value is -0.860. The average molecular weight is 190 g/mol. The Kier molecular flexibility index (Phi) is 3.17. The molecule has 0 atom stereocenters. The van der Waals surface area contributed by atoms with E-state index in [2.05, 4.69) is 0 Å². The zero-order valence-electron chi connectivity index (χ0n) is 8.06. The molecule has 2 nitrogen and oxygen atoms in total. The molecule has 1 fully saturated rings. The third-order valence-electron chi connectivity index (χ3n) is 2.37. The van der Waals surface area contributed by atoms with Gasteiger partial charge in [0.25, 0.3) is 0 Å². The Morgan fingerprint density at radius 3 is 2.36 bits per heavy atom. The van der Waals surface area contributed by atoms with Crippen molar-refractivity contribution in [1.82, 2.24) is 0 Å². The number of rotatable bonds is 2. The van der Waals surface area contributed by atoms with E-state index >= 15 is 0 Å². The molecule has 0 aliphatic carbocycles. The molecule has 0 unspecified atom stereocenters. The molecule has 1 aliphatic heterocycles. The molecule has 1 aromatic carbocycles. The van der Waals surface area contributed by atoms with E-state index in [1.54, 1.807) is 0 Å². The average Bonchev–Trinajstić information content (AvgIpc) is 2.30. The molecule has 2 heteroatoms. The van der Waals surface area contributed by atoms with Gasteiger partial charge >= 0.3 is 0 Å². The van der Waals surface area contributed by atoms with E-state index in [4.69, 9.17) is 16.4 Å². The van der Waals surface area contributed by atoms with Gasteiger partial charge in [0, 0.05) is 11.5 Å². The third-order valence-corrected chi connectivity index (χ3v) is 2.37. The zero-order valence-corrected chi connectivity index (χ0v) is 8.06. The summed E-state index contributed by atoms with van der Waals surface area (Å²) >= 11 is 0. The van der Waals surface area contributed by atoms with Gasteiger partial charge in [-0.15, -0.1) is 0 Å². The van der Waals surface area contributed by atoms with E-state index in [1.165, 1.54) is 0 Å². The first-order valence-electron chi connectivity index (χ1n) is 4.88. The third kappa shape index (κ3) is 2.14. The quantitative estimate of drug-likeness (QED) is 0.713. The Morgan fingerprint density at radius 1 is 1.14 bits per heavy atom. The number of benzene rings is 1. The second-order valence-electron chi connectivity index (χ2n) is 3.51. The van der Waals surface area contributed by atoms with Crippen LogP contribution in [0.15, 0.2) is 30.3 Å². The van der Waals surface area contributed by atoms with Crippen LogP contribution in [0.4, 0.5) is 0 Å². The summed E-state index contributed by atoms with van der Waals surface area (Å²) in [6.45, 7) is 6.91. The normalized spacial score (nSPS) is 27.5. The van der Waals surface area contributed by atoms with Crippen LogP contribution in [0, 0.1) is 12.8 Å². The maximum atomic E-state index is 5.57. The first-order chi connectivity index (χ1) is 6.90. The van der Waals surface area contributed by atoms with Crippen LogP contribution in [0.5, 0.6) is 0 Å². The summed E-state index contributed by atoms with van der Waals surface area (Å²) in [7, 11) is 0. The minimum atomic E-state index is -0.209. The van der Waals surface area contributed by atoms with Crippen LogP contribution >= 0.6 is 0 Å². The van der Waals surface area contributed by atoms with E-state index in [9.17, 15) is 0 Å². The van der Waals surface area contributed by atoms with E-state index < -0.39 is 0 Å². The van der Waals surface area contributed by atoms with Gasteiger partial charge in [-0.25, -0.2) is 0 Å². The summed E-state index contributed by atoms with van der Waals surface area (Å²) in [5.41, 5.74) is 1.07. The fraction of sp³-hybridized carbons (Fsp3) is 0.417. The fourth-order valence-electron chi connectivity index (χ4n) is 1.48. The Morgan fingerprint density at radius 2 is 1.79 bits per heavy atom. The number of ether oxygens (including phenoxy) is 2. The number of hydrogen-bond donors (Lipinski definition) is 0. The molecule has 2 rings (SSSR count). The predicted octanol–water partition coefficient (Wildman–Crippen LogP) is 2.45. The largest absolute Gasteiger partial charge is 0.348 e. The van der Waals surface area contributed by atoms with Crippen LogP contribution in [0.2, 0.25) is 0 Å². The molecule has 1 aliphatic rings. The first-order valence-corrected chi connectivity index (χ1v) is 4.88. The van der Waals surface area contributed by atoms with E-state index in [-0.39, 0.29) is 6.29 Å². The van der Waals surface area contributed by atoms with Crippen molar-refractivity contribution in [2.45, 2.75) is 12.7 Å². The Balaban J connectivity index is 1.96. The minimum absolute atomic E-state index is 0.209. The summed E-state index contributed by atoms with van der Waals surface area (Å²) in [4.78, 5) is 0. The summed E-state index contributed by atoms with van der Waals surface area (Å²) in [5.74, 6) is 0.343. The van der Waals surface area contributed by atoms with Gasteiger partial charge < -0.3 is 9.47 Å². The molecule has 0 spiro atoms. The van der Waals surface area contributed by atoms with Crippen molar-refractivity contribution in [3.8, 4) is 0 Å². The molecule has 0 saturated carbocycles. The van der Waals surface area contributed by atoms with Crippen LogP contribution in [0.3, 0.4) is 0 Å². The molecule has 1 saturated heterocycles. The molecule has 1 heterocycles. The van der Waals surface area contributed by atoms with Gasteiger partial charge in [0.15, 0.2) is 6.29 Å². The van der Waals surface area contributed by atoms with E-state index in [1.807, 2.05) is 30.3 Å². The first kappa shape index (κ1) is 9.69. The van der Waals surface area contributed by atoms with Gasteiger partial charge in [0.2, 0.25) is 0 Å². The van der Waals surface area contributed by atoms with Gasteiger partial charge in [-0.05, 0) is 13.3 Å². The fourth-order valence-corrected chi connectivity index (χ4v) is 1.48. The molecule has 1 aromatic rings. The topological polar surface area (TPSA) is 18.5 Å². The van der Waals surface area contributed by atoms with Gasteiger partial charge in [-0.2, -0.15) is 0 Å². The summed E-state index contributed by atoms with van der Waals surface area (Å²) in [6.07, 6.45) is 0.417. The maximum Gasteiger partial charge on any atom is 0.183 e. The Bertz CT molecular complexity index is 263. The van der Waals surface area contributed by atoms with Crippen molar-refractivity contribution in [3.63, 3.8) is 0 Å². The predicted molar refractivity (Wildman–Crippen MR) is 53.5 cm³/mol. The lowest BCUT2D eigenvalue weighted by molar-refractivity contribution is -0.204. The van der Waals surface area contributed by atoms with Crippen molar-refractivity contribution in [2.75, 3.05) is 13.2 Å². The summed E-state index contributed by atoms with van der Waals surface area (Å²) < 4.78 is 11.1. The van der Waals surface area contributed by atoms with Gasteiger partial charge in [0.1, 0.15) is 0 Å². The minimum Gasteiger partial charge on any atom is -0.348 e. The molecular formula is C12H14O2. The highest BCUT2D eigenvalue weighted by molar-refractivity contribution is 5.16. The Labute approximate surface area is 84.8 Å². The van der Waals surface area contributed by atoms with Crippen molar-refractivity contribution in [2.24, 2.45) is 5.92 Å². The van der Waals surface area contributed by atoms with Gasteiger partial charge in [-0.1, -0.05) is 30.3 Å². The molecule has 0 N–H and O–H groups in total. The molecule has 74 valence electrons. The lowest BCUT2D eigenvalue weighted by Crippen LogP contribution is -2.26.